The summed E-state index contributed by atoms with van der Waals surface area (Å²) in [5.74, 6) is 1.32. The van der Waals surface area contributed by atoms with E-state index in [1.54, 1.807) is 0 Å². The number of hydrogen-bond donors (Lipinski definition) is 1. The number of halogens is 1. The highest BCUT2D eigenvalue weighted by Crippen LogP contribution is 2.25. The third-order valence-electron chi connectivity index (χ3n) is 5.23. The topological polar surface area (TPSA) is 71.3 Å². The number of hydrogen-bond acceptors (Lipinski definition) is 5. The van der Waals surface area contributed by atoms with E-state index in [9.17, 15) is 4.79 Å². The first-order chi connectivity index (χ1) is 14.1. The Morgan fingerprint density at radius 1 is 1.17 bits per heavy atom. The number of likely N-dealkylation sites (tertiary alicyclic amines) is 1. The van der Waals surface area contributed by atoms with Crippen molar-refractivity contribution in [3.63, 3.8) is 0 Å². The van der Waals surface area contributed by atoms with Crippen molar-refractivity contribution in [2.75, 3.05) is 18.4 Å². The molecule has 3 aromatic rings. The molecule has 0 bridgehead atoms. The summed E-state index contributed by atoms with van der Waals surface area (Å²) in [6.45, 7) is 4.32. The second-order valence-corrected chi connectivity index (χ2v) is 8.25. The molecule has 1 aromatic heterocycles. The Morgan fingerprint density at radius 3 is 2.62 bits per heavy atom. The van der Waals surface area contributed by atoms with E-state index < -0.39 is 0 Å². The summed E-state index contributed by atoms with van der Waals surface area (Å²) in [4.78, 5) is 19.4. The number of aromatic nitrogens is 2. The molecule has 6 nitrogen and oxygen atoms in total. The second-order valence-electron chi connectivity index (χ2n) is 7.40. The molecule has 1 amide bonds. The molecular weight excluding hydrogens is 432 g/mol. The van der Waals surface area contributed by atoms with Crippen molar-refractivity contribution in [3.8, 4) is 11.4 Å². The molecule has 150 valence electrons. The third kappa shape index (κ3) is 4.92. The minimum atomic E-state index is 0.0177. The molecule has 0 radical (unpaired) electrons. The van der Waals surface area contributed by atoms with Gasteiger partial charge in [0.15, 0.2) is 0 Å². The predicted molar refractivity (Wildman–Crippen MR) is 115 cm³/mol. The number of piperidine rings is 1. The average molecular weight is 455 g/mol. The molecule has 0 aliphatic carbocycles. The second kappa shape index (κ2) is 8.88. The van der Waals surface area contributed by atoms with Gasteiger partial charge >= 0.3 is 0 Å². The molecule has 1 saturated heterocycles. The van der Waals surface area contributed by atoms with Crippen LogP contribution in [0.1, 0.15) is 24.3 Å². The number of amides is 1. The van der Waals surface area contributed by atoms with Crippen LogP contribution in [0.4, 0.5) is 5.69 Å². The molecule has 0 atom stereocenters. The van der Waals surface area contributed by atoms with Gasteiger partial charge in [-0.1, -0.05) is 47.1 Å². The first kappa shape index (κ1) is 19.8. The quantitative estimate of drug-likeness (QED) is 0.606. The number of benzene rings is 2. The zero-order chi connectivity index (χ0) is 20.2. The standard InChI is InChI=1S/C22H23BrN4O2/c1-15-6-8-16(9-7-15)21-25-20(29-26-21)14-27-12-10-17(11-13-27)22(28)24-19-5-3-2-4-18(19)23/h2-9,17H,10-14H2,1H3,(H,24,28). The molecule has 1 aliphatic heterocycles. The first-order valence-electron chi connectivity index (χ1n) is 9.76. The number of nitrogens with one attached hydrogen (secondary N) is 1. The van der Waals surface area contributed by atoms with E-state index in [-0.39, 0.29) is 11.8 Å². The van der Waals surface area contributed by atoms with Crippen LogP contribution >= 0.6 is 15.9 Å². The van der Waals surface area contributed by atoms with Gasteiger partial charge in [-0.05, 0) is 60.9 Å². The number of rotatable bonds is 5. The highest BCUT2D eigenvalue weighted by molar-refractivity contribution is 9.10. The summed E-state index contributed by atoms with van der Waals surface area (Å²) in [5, 5.41) is 7.12. The minimum absolute atomic E-state index is 0.0177. The fraction of sp³-hybridized carbons (Fsp3) is 0.318. The van der Waals surface area contributed by atoms with Crippen molar-refractivity contribution in [2.45, 2.75) is 26.3 Å². The normalized spacial score (nSPS) is 15.4. The van der Waals surface area contributed by atoms with E-state index in [0.717, 1.165) is 41.7 Å². The number of anilines is 1. The predicted octanol–water partition coefficient (Wildman–Crippen LogP) is 4.66. The van der Waals surface area contributed by atoms with Gasteiger partial charge in [0, 0.05) is 16.0 Å². The number of aryl methyl sites for hydroxylation is 1. The van der Waals surface area contributed by atoms with Crippen LogP contribution < -0.4 is 5.32 Å². The summed E-state index contributed by atoms with van der Waals surface area (Å²) in [6, 6.07) is 15.7. The molecule has 29 heavy (non-hydrogen) atoms. The van der Waals surface area contributed by atoms with E-state index in [4.69, 9.17) is 4.52 Å². The largest absolute Gasteiger partial charge is 0.338 e. The highest BCUT2D eigenvalue weighted by atomic mass is 79.9. The number of carbonyl (C=O) groups excluding carboxylic acids is 1. The number of nitrogens with zero attached hydrogens (tertiary/aromatic N) is 3. The van der Waals surface area contributed by atoms with Gasteiger partial charge in [0.1, 0.15) is 0 Å². The zero-order valence-corrected chi connectivity index (χ0v) is 17.9. The molecule has 0 saturated carbocycles. The smallest absolute Gasteiger partial charge is 0.241 e. The van der Waals surface area contributed by atoms with Crippen LogP contribution in [0.3, 0.4) is 0 Å². The Morgan fingerprint density at radius 2 is 1.90 bits per heavy atom. The molecule has 2 heterocycles. The Labute approximate surface area is 178 Å². The van der Waals surface area contributed by atoms with Gasteiger partial charge in [-0.15, -0.1) is 0 Å². The van der Waals surface area contributed by atoms with Crippen LogP contribution in [-0.4, -0.2) is 34.0 Å². The van der Waals surface area contributed by atoms with Gasteiger partial charge in [-0.25, -0.2) is 0 Å². The lowest BCUT2D eigenvalue weighted by atomic mass is 9.96. The number of para-hydroxylation sites is 1. The fourth-order valence-corrected chi connectivity index (χ4v) is 3.86. The van der Waals surface area contributed by atoms with E-state index in [1.807, 2.05) is 55.5 Å². The van der Waals surface area contributed by atoms with Gasteiger partial charge in [0.2, 0.25) is 17.6 Å². The van der Waals surface area contributed by atoms with Gasteiger partial charge in [0.25, 0.3) is 0 Å². The Bertz CT molecular complexity index is 978. The van der Waals surface area contributed by atoms with Crippen molar-refractivity contribution in [3.05, 3.63) is 64.5 Å². The third-order valence-corrected chi connectivity index (χ3v) is 5.92. The van der Waals surface area contributed by atoms with Gasteiger partial charge in [0.05, 0.1) is 12.2 Å². The lowest BCUT2D eigenvalue weighted by Gasteiger charge is -2.30. The lowest BCUT2D eigenvalue weighted by Crippen LogP contribution is -2.37. The van der Waals surface area contributed by atoms with Crippen LogP contribution in [0.5, 0.6) is 0 Å². The summed E-state index contributed by atoms with van der Waals surface area (Å²) < 4.78 is 6.33. The molecule has 0 spiro atoms. The molecule has 1 aliphatic rings. The summed E-state index contributed by atoms with van der Waals surface area (Å²) >= 11 is 3.47. The zero-order valence-electron chi connectivity index (χ0n) is 16.3. The van der Waals surface area contributed by atoms with Crippen molar-refractivity contribution in [1.29, 1.82) is 0 Å². The maximum atomic E-state index is 12.6. The van der Waals surface area contributed by atoms with E-state index >= 15 is 0 Å². The van der Waals surface area contributed by atoms with Crippen LogP contribution in [0.25, 0.3) is 11.4 Å². The van der Waals surface area contributed by atoms with Crippen LogP contribution in [-0.2, 0) is 11.3 Å². The monoisotopic (exact) mass is 454 g/mol. The van der Waals surface area contributed by atoms with Crippen molar-refractivity contribution < 1.29 is 9.32 Å². The maximum Gasteiger partial charge on any atom is 0.241 e. The Kier molecular flexibility index (Phi) is 6.06. The fourth-order valence-electron chi connectivity index (χ4n) is 3.48. The van der Waals surface area contributed by atoms with Crippen molar-refractivity contribution in [2.24, 2.45) is 5.92 Å². The molecular formula is C22H23BrN4O2. The van der Waals surface area contributed by atoms with Gasteiger partial charge in [-0.3, -0.25) is 9.69 Å². The summed E-state index contributed by atoms with van der Waals surface area (Å²) in [7, 11) is 0. The lowest BCUT2D eigenvalue weighted by molar-refractivity contribution is -0.121. The van der Waals surface area contributed by atoms with Crippen LogP contribution in [0, 0.1) is 12.8 Å². The first-order valence-corrected chi connectivity index (χ1v) is 10.5. The Hall–Kier alpha value is -2.51. The van der Waals surface area contributed by atoms with Crippen molar-refractivity contribution >= 4 is 27.5 Å². The molecule has 2 aromatic carbocycles. The molecule has 7 heteroatoms. The molecule has 4 rings (SSSR count). The maximum absolute atomic E-state index is 12.6. The van der Waals surface area contributed by atoms with E-state index in [2.05, 4.69) is 36.3 Å². The SMILES string of the molecule is Cc1ccc(-c2noc(CN3CCC(C(=O)Nc4ccccc4Br)CC3)n2)cc1. The number of carbonyl (C=O) groups is 1. The summed E-state index contributed by atoms with van der Waals surface area (Å²) in [5.41, 5.74) is 2.96. The average Bonchev–Trinajstić information content (AvgIpc) is 3.19. The molecule has 1 N–H and O–H groups in total. The van der Waals surface area contributed by atoms with Gasteiger partial charge in [-0.2, -0.15) is 4.98 Å². The van der Waals surface area contributed by atoms with E-state index in [0.29, 0.717) is 18.3 Å². The molecule has 1 fully saturated rings. The van der Waals surface area contributed by atoms with Crippen molar-refractivity contribution in [1.82, 2.24) is 15.0 Å². The van der Waals surface area contributed by atoms with E-state index in [1.165, 1.54) is 5.56 Å². The minimum Gasteiger partial charge on any atom is -0.338 e. The van der Waals surface area contributed by atoms with Gasteiger partial charge < -0.3 is 9.84 Å². The summed E-state index contributed by atoms with van der Waals surface area (Å²) in [6.07, 6.45) is 1.63. The molecule has 0 unspecified atom stereocenters. The van der Waals surface area contributed by atoms with Crippen LogP contribution in [0.15, 0.2) is 57.5 Å². The highest BCUT2D eigenvalue weighted by Gasteiger charge is 2.26. The van der Waals surface area contributed by atoms with Crippen LogP contribution in [0.2, 0.25) is 0 Å². The Balaban J connectivity index is 1.29.